The minimum Gasteiger partial charge on any atom is -0.370 e. The Morgan fingerprint density at radius 2 is 2.50 bits per heavy atom. The lowest BCUT2D eigenvalue weighted by molar-refractivity contribution is -0.142. The smallest absolute Gasteiger partial charge is 0.248 e. The van der Waals surface area contributed by atoms with E-state index < -0.39 is 0 Å². The van der Waals surface area contributed by atoms with Crippen LogP contribution in [0.4, 0.5) is 0 Å². The number of nitrogens with zero attached hydrogens (tertiary/aromatic N) is 1. The van der Waals surface area contributed by atoms with Crippen LogP contribution in [0.2, 0.25) is 0 Å². The molecule has 1 aliphatic rings. The number of morpholine rings is 1. The molecule has 14 heavy (non-hydrogen) atoms. The highest BCUT2D eigenvalue weighted by molar-refractivity contribution is 5.86. The number of rotatable bonds is 4. The lowest BCUT2D eigenvalue weighted by atomic mass is 10.4. The minimum absolute atomic E-state index is 0.0240. The zero-order valence-corrected chi connectivity index (χ0v) is 7.99. The van der Waals surface area contributed by atoms with Crippen molar-refractivity contribution in [3.8, 4) is 0 Å². The van der Waals surface area contributed by atoms with Gasteiger partial charge in [-0.05, 0) is 6.08 Å². The van der Waals surface area contributed by atoms with E-state index >= 15 is 0 Å². The van der Waals surface area contributed by atoms with Gasteiger partial charge in [0.05, 0.1) is 6.61 Å². The second kappa shape index (κ2) is 5.39. The Labute approximate surface area is 82.7 Å². The van der Waals surface area contributed by atoms with Gasteiger partial charge in [0.15, 0.2) is 0 Å². The molecule has 1 fully saturated rings. The van der Waals surface area contributed by atoms with Gasteiger partial charge in [-0.2, -0.15) is 0 Å². The van der Waals surface area contributed by atoms with Gasteiger partial charge in [0.1, 0.15) is 6.61 Å². The highest BCUT2D eigenvalue weighted by Gasteiger charge is 2.17. The summed E-state index contributed by atoms with van der Waals surface area (Å²) < 4.78 is 4.97. The molecule has 0 aliphatic carbocycles. The van der Waals surface area contributed by atoms with Gasteiger partial charge in [-0.25, -0.2) is 0 Å². The fraction of sp³-hybridized carbons (Fsp3) is 0.556. The van der Waals surface area contributed by atoms with Crippen molar-refractivity contribution in [3.05, 3.63) is 12.7 Å². The number of carbonyl (C=O) groups excluding carboxylic acids is 2. The Kier molecular flexibility index (Phi) is 4.12. The second-order valence-electron chi connectivity index (χ2n) is 2.93. The summed E-state index contributed by atoms with van der Waals surface area (Å²) >= 11 is 0. The Morgan fingerprint density at radius 3 is 3.14 bits per heavy atom. The molecule has 1 saturated heterocycles. The normalized spacial score (nSPS) is 16.6. The first kappa shape index (κ1) is 10.7. The summed E-state index contributed by atoms with van der Waals surface area (Å²) in [5.41, 5.74) is 0. The van der Waals surface area contributed by atoms with Gasteiger partial charge < -0.3 is 15.0 Å². The lowest BCUT2D eigenvalue weighted by Gasteiger charge is -2.26. The maximum Gasteiger partial charge on any atom is 0.248 e. The van der Waals surface area contributed by atoms with Crippen LogP contribution in [0.3, 0.4) is 0 Å². The number of ether oxygens (including phenoxy) is 1. The average molecular weight is 198 g/mol. The molecular formula is C9H14N2O3. The van der Waals surface area contributed by atoms with E-state index in [1.807, 2.05) is 0 Å². The van der Waals surface area contributed by atoms with Gasteiger partial charge in [0.2, 0.25) is 11.8 Å². The van der Waals surface area contributed by atoms with Crippen LogP contribution in [0.25, 0.3) is 0 Å². The van der Waals surface area contributed by atoms with Gasteiger partial charge in [-0.1, -0.05) is 6.58 Å². The van der Waals surface area contributed by atoms with Crippen molar-refractivity contribution in [2.24, 2.45) is 0 Å². The lowest BCUT2D eigenvalue weighted by Crippen LogP contribution is -2.45. The second-order valence-corrected chi connectivity index (χ2v) is 2.93. The van der Waals surface area contributed by atoms with Crippen LogP contribution >= 0.6 is 0 Å². The Balaban J connectivity index is 2.19. The molecule has 78 valence electrons. The zero-order chi connectivity index (χ0) is 10.4. The molecule has 5 nitrogen and oxygen atoms in total. The van der Waals surface area contributed by atoms with Crippen molar-refractivity contribution in [2.75, 3.05) is 32.8 Å². The molecule has 0 saturated carbocycles. The molecule has 0 radical (unpaired) electrons. The quantitative estimate of drug-likeness (QED) is 0.598. The highest BCUT2D eigenvalue weighted by Crippen LogP contribution is 1.96. The van der Waals surface area contributed by atoms with Crippen molar-refractivity contribution in [1.29, 1.82) is 0 Å². The number of hydrogen-bond acceptors (Lipinski definition) is 3. The first-order chi connectivity index (χ1) is 6.74. The fourth-order valence-corrected chi connectivity index (χ4v) is 1.17. The van der Waals surface area contributed by atoms with E-state index in [2.05, 4.69) is 11.9 Å². The number of amides is 2. The summed E-state index contributed by atoms with van der Waals surface area (Å²) in [5.74, 6) is -0.241. The first-order valence-electron chi connectivity index (χ1n) is 4.50. The van der Waals surface area contributed by atoms with Crippen LogP contribution in [0.15, 0.2) is 12.7 Å². The molecule has 5 heteroatoms. The summed E-state index contributed by atoms with van der Waals surface area (Å²) in [6, 6.07) is 0. The minimum atomic E-state index is -0.217. The highest BCUT2D eigenvalue weighted by atomic mass is 16.5. The predicted octanol–water partition coefficient (Wildman–Crippen LogP) is -0.853. The van der Waals surface area contributed by atoms with E-state index in [1.165, 1.54) is 6.08 Å². The van der Waals surface area contributed by atoms with Crippen LogP contribution in [0, 0.1) is 0 Å². The fourth-order valence-electron chi connectivity index (χ4n) is 1.17. The monoisotopic (exact) mass is 198 g/mol. The standard InChI is InChI=1S/C9H14N2O3/c1-2-8(12)10-3-4-11-5-6-14-7-9(11)13/h2H,1,3-7H2,(H,10,12). The molecule has 0 spiro atoms. The maximum absolute atomic E-state index is 11.2. The van der Waals surface area contributed by atoms with Crippen molar-refractivity contribution in [1.82, 2.24) is 10.2 Å². The summed E-state index contributed by atoms with van der Waals surface area (Å²) in [7, 11) is 0. The topological polar surface area (TPSA) is 58.6 Å². The number of carbonyl (C=O) groups is 2. The van der Waals surface area contributed by atoms with Gasteiger partial charge in [-0.3, -0.25) is 9.59 Å². The first-order valence-corrected chi connectivity index (χ1v) is 4.50. The van der Waals surface area contributed by atoms with Gasteiger partial charge in [0.25, 0.3) is 0 Å². The number of hydrogen-bond donors (Lipinski definition) is 1. The summed E-state index contributed by atoms with van der Waals surface area (Å²) in [6.45, 7) is 5.63. The zero-order valence-electron chi connectivity index (χ0n) is 7.99. The van der Waals surface area contributed by atoms with Crippen molar-refractivity contribution in [2.45, 2.75) is 0 Å². The Hall–Kier alpha value is -1.36. The molecule has 1 N–H and O–H groups in total. The van der Waals surface area contributed by atoms with Gasteiger partial charge in [0, 0.05) is 19.6 Å². The van der Waals surface area contributed by atoms with Crippen molar-refractivity contribution in [3.63, 3.8) is 0 Å². The third-order valence-electron chi connectivity index (χ3n) is 1.95. The molecule has 1 heterocycles. The molecule has 0 atom stereocenters. The van der Waals surface area contributed by atoms with E-state index in [-0.39, 0.29) is 18.4 Å². The molecule has 2 amide bonds. The van der Waals surface area contributed by atoms with E-state index in [4.69, 9.17) is 4.74 Å². The molecule has 0 aromatic carbocycles. The largest absolute Gasteiger partial charge is 0.370 e. The van der Waals surface area contributed by atoms with Crippen LogP contribution in [0.1, 0.15) is 0 Å². The molecule has 0 unspecified atom stereocenters. The summed E-state index contributed by atoms with van der Waals surface area (Å²) in [4.78, 5) is 23.7. The number of nitrogens with one attached hydrogen (secondary N) is 1. The van der Waals surface area contributed by atoms with Crippen molar-refractivity contribution < 1.29 is 14.3 Å². The SMILES string of the molecule is C=CC(=O)NCCN1CCOCC1=O. The third-order valence-corrected chi connectivity index (χ3v) is 1.95. The predicted molar refractivity (Wildman–Crippen MR) is 50.6 cm³/mol. The van der Waals surface area contributed by atoms with Crippen molar-refractivity contribution >= 4 is 11.8 Å². The van der Waals surface area contributed by atoms with Crippen LogP contribution < -0.4 is 5.32 Å². The Bertz CT molecular complexity index is 240. The molecule has 1 aliphatic heterocycles. The molecule has 1 rings (SSSR count). The van der Waals surface area contributed by atoms with Crippen LogP contribution in [0.5, 0.6) is 0 Å². The summed E-state index contributed by atoms with van der Waals surface area (Å²) in [5, 5.41) is 2.61. The summed E-state index contributed by atoms with van der Waals surface area (Å²) in [6.07, 6.45) is 1.21. The van der Waals surface area contributed by atoms with Gasteiger partial charge >= 0.3 is 0 Å². The van der Waals surface area contributed by atoms with Crippen LogP contribution in [-0.2, 0) is 14.3 Å². The molecular weight excluding hydrogens is 184 g/mol. The van der Waals surface area contributed by atoms with E-state index in [1.54, 1.807) is 4.90 Å². The van der Waals surface area contributed by atoms with E-state index in [9.17, 15) is 9.59 Å². The molecule has 0 aromatic heterocycles. The molecule has 0 aromatic rings. The van der Waals surface area contributed by atoms with E-state index in [0.29, 0.717) is 26.2 Å². The maximum atomic E-state index is 11.2. The molecule has 0 bridgehead atoms. The van der Waals surface area contributed by atoms with Crippen LogP contribution in [-0.4, -0.2) is 49.6 Å². The average Bonchev–Trinajstić information content (AvgIpc) is 2.20. The van der Waals surface area contributed by atoms with E-state index in [0.717, 1.165) is 0 Å². The van der Waals surface area contributed by atoms with Gasteiger partial charge in [-0.15, -0.1) is 0 Å². The Morgan fingerprint density at radius 1 is 1.71 bits per heavy atom. The third kappa shape index (κ3) is 3.18.